The molecule has 5 nitrogen and oxygen atoms in total. The van der Waals surface area contributed by atoms with Crippen molar-refractivity contribution in [3.8, 4) is 6.07 Å². The van der Waals surface area contributed by atoms with Crippen LogP contribution in [0.2, 0.25) is 0 Å². The van der Waals surface area contributed by atoms with Crippen molar-refractivity contribution in [1.82, 2.24) is 5.32 Å². The van der Waals surface area contributed by atoms with Gasteiger partial charge in [0.1, 0.15) is 6.17 Å². The van der Waals surface area contributed by atoms with Gasteiger partial charge in [0.2, 0.25) is 0 Å². The molecule has 136 valence electrons. The molecule has 0 bridgehead atoms. The standard InChI is InChI=1S/C23H18N4O/c24-17-18-8-7-9-19(16-18)23(28)25-22-14-15-26(20-10-3-1-4-11-20)27(22)21-12-5-2-6-13-21/h1-16,22H,(H,25,28). The molecule has 3 aromatic carbocycles. The third-order valence-corrected chi connectivity index (χ3v) is 4.48. The third-order valence-electron chi connectivity index (χ3n) is 4.48. The van der Waals surface area contributed by atoms with E-state index in [-0.39, 0.29) is 12.1 Å². The highest BCUT2D eigenvalue weighted by Crippen LogP contribution is 2.28. The Balaban J connectivity index is 1.63. The fourth-order valence-electron chi connectivity index (χ4n) is 3.16. The third kappa shape index (κ3) is 3.44. The highest BCUT2D eigenvalue weighted by atomic mass is 16.2. The Morgan fingerprint density at radius 1 is 0.893 bits per heavy atom. The molecule has 0 fully saturated rings. The van der Waals surface area contributed by atoms with Crippen molar-refractivity contribution in [2.75, 3.05) is 10.0 Å². The molecule has 0 aromatic heterocycles. The Kier molecular flexibility index (Phi) is 4.77. The maximum Gasteiger partial charge on any atom is 0.253 e. The van der Waals surface area contributed by atoms with Gasteiger partial charge in [0.25, 0.3) is 5.91 Å². The van der Waals surface area contributed by atoms with Crippen molar-refractivity contribution in [3.05, 3.63) is 108 Å². The number of anilines is 2. The zero-order valence-electron chi connectivity index (χ0n) is 15.1. The number of para-hydroxylation sites is 2. The minimum absolute atomic E-state index is 0.234. The number of hydrazine groups is 1. The number of hydrogen-bond acceptors (Lipinski definition) is 4. The molecular weight excluding hydrogens is 348 g/mol. The summed E-state index contributed by atoms with van der Waals surface area (Å²) in [5, 5.41) is 16.1. The maximum atomic E-state index is 12.8. The molecule has 28 heavy (non-hydrogen) atoms. The second kappa shape index (κ2) is 7.68. The van der Waals surface area contributed by atoms with Gasteiger partial charge in [0.05, 0.1) is 23.0 Å². The van der Waals surface area contributed by atoms with Crippen LogP contribution in [0.5, 0.6) is 0 Å². The summed E-state index contributed by atoms with van der Waals surface area (Å²) in [5.74, 6) is -0.234. The van der Waals surface area contributed by atoms with E-state index in [0.717, 1.165) is 11.4 Å². The van der Waals surface area contributed by atoms with Crippen LogP contribution in [0.15, 0.2) is 97.2 Å². The lowest BCUT2D eigenvalue weighted by atomic mass is 10.1. The molecular formula is C23H18N4O. The van der Waals surface area contributed by atoms with Crippen molar-refractivity contribution in [1.29, 1.82) is 5.26 Å². The Bertz CT molecular complexity index is 1040. The molecule has 1 unspecified atom stereocenters. The average Bonchev–Trinajstić information content (AvgIpc) is 3.18. The topological polar surface area (TPSA) is 59.4 Å². The summed E-state index contributed by atoms with van der Waals surface area (Å²) in [6, 6.07) is 28.6. The fourth-order valence-corrected chi connectivity index (χ4v) is 3.16. The maximum absolute atomic E-state index is 12.8. The second-order valence-corrected chi connectivity index (χ2v) is 6.31. The molecule has 4 rings (SSSR count). The molecule has 5 heteroatoms. The number of benzene rings is 3. The molecule has 1 aliphatic rings. The summed E-state index contributed by atoms with van der Waals surface area (Å²) in [7, 11) is 0. The summed E-state index contributed by atoms with van der Waals surface area (Å²) < 4.78 is 0. The van der Waals surface area contributed by atoms with Gasteiger partial charge >= 0.3 is 0 Å². The van der Waals surface area contributed by atoms with E-state index in [1.165, 1.54) is 0 Å². The number of carbonyl (C=O) groups excluding carboxylic acids is 1. The van der Waals surface area contributed by atoms with Crippen molar-refractivity contribution in [2.45, 2.75) is 6.17 Å². The van der Waals surface area contributed by atoms with Crippen LogP contribution in [0.25, 0.3) is 0 Å². The molecule has 3 aromatic rings. The molecule has 0 radical (unpaired) electrons. The molecule has 0 saturated heterocycles. The molecule has 0 aliphatic carbocycles. The van der Waals surface area contributed by atoms with Crippen molar-refractivity contribution in [2.24, 2.45) is 0 Å². The van der Waals surface area contributed by atoms with E-state index in [1.54, 1.807) is 24.3 Å². The Labute approximate surface area is 163 Å². The van der Waals surface area contributed by atoms with Gasteiger partial charge in [-0.25, -0.2) is 0 Å². The summed E-state index contributed by atoms with van der Waals surface area (Å²) in [4.78, 5) is 12.8. The van der Waals surface area contributed by atoms with Gasteiger partial charge in [-0.05, 0) is 48.5 Å². The minimum atomic E-state index is -0.360. The van der Waals surface area contributed by atoms with E-state index in [4.69, 9.17) is 5.26 Å². The van der Waals surface area contributed by atoms with Crippen LogP contribution in [0.3, 0.4) is 0 Å². The first-order valence-electron chi connectivity index (χ1n) is 8.94. The van der Waals surface area contributed by atoms with Crippen LogP contribution in [0.1, 0.15) is 15.9 Å². The predicted molar refractivity (Wildman–Crippen MR) is 109 cm³/mol. The highest BCUT2D eigenvalue weighted by molar-refractivity contribution is 5.95. The van der Waals surface area contributed by atoms with Crippen LogP contribution in [-0.2, 0) is 0 Å². The normalized spacial score (nSPS) is 15.3. The smallest absolute Gasteiger partial charge is 0.253 e. The van der Waals surface area contributed by atoms with Crippen LogP contribution in [0, 0.1) is 11.3 Å². The monoisotopic (exact) mass is 366 g/mol. The molecule has 1 heterocycles. The van der Waals surface area contributed by atoms with Crippen LogP contribution < -0.4 is 15.3 Å². The predicted octanol–water partition coefficient (Wildman–Crippen LogP) is 4.07. The van der Waals surface area contributed by atoms with Gasteiger partial charge in [-0.15, -0.1) is 0 Å². The lowest BCUT2D eigenvalue weighted by Crippen LogP contribution is -2.50. The second-order valence-electron chi connectivity index (χ2n) is 6.31. The lowest BCUT2D eigenvalue weighted by molar-refractivity contribution is 0.0944. The van der Waals surface area contributed by atoms with E-state index in [9.17, 15) is 4.79 Å². The largest absolute Gasteiger partial charge is 0.327 e. The first-order valence-corrected chi connectivity index (χ1v) is 8.94. The van der Waals surface area contributed by atoms with Crippen LogP contribution in [0.4, 0.5) is 11.4 Å². The summed E-state index contributed by atoms with van der Waals surface area (Å²) in [6.45, 7) is 0. The average molecular weight is 366 g/mol. The Morgan fingerprint density at radius 3 is 2.25 bits per heavy atom. The van der Waals surface area contributed by atoms with Crippen LogP contribution in [-0.4, -0.2) is 12.1 Å². The zero-order valence-corrected chi connectivity index (χ0v) is 15.1. The zero-order chi connectivity index (χ0) is 19.3. The quantitative estimate of drug-likeness (QED) is 0.756. The molecule has 0 saturated carbocycles. The molecule has 1 amide bonds. The summed E-state index contributed by atoms with van der Waals surface area (Å²) >= 11 is 0. The molecule has 1 atom stereocenters. The first-order chi connectivity index (χ1) is 13.8. The van der Waals surface area contributed by atoms with E-state index in [1.807, 2.05) is 83.0 Å². The molecule has 1 aliphatic heterocycles. The summed E-state index contributed by atoms with van der Waals surface area (Å²) in [6.07, 6.45) is 3.52. The van der Waals surface area contributed by atoms with Crippen molar-refractivity contribution < 1.29 is 4.79 Å². The van der Waals surface area contributed by atoms with E-state index in [0.29, 0.717) is 11.1 Å². The Hall–Kier alpha value is -4.04. The van der Waals surface area contributed by atoms with E-state index < -0.39 is 0 Å². The van der Waals surface area contributed by atoms with Gasteiger partial charge in [0.15, 0.2) is 0 Å². The van der Waals surface area contributed by atoms with Gasteiger partial charge in [-0.3, -0.25) is 14.8 Å². The number of carbonyl (C=O) groups is 1. The number of nitrogens with zero attached hydrogens (tertiary/aromatic N) is 3. The number of nitrogens with one attached hydrogen (secondary N) is 1. The minimum Gasteiger partial charge on any atom is -0.327 e. The number of rotatable bonds is 4. The lowest BCUT2D eigenvalue weighted by Gasteiger charge is -2.35. The van der Waals surface area contributed by atoms with Gasteiger partial charge < -0.3 is 5.32 Å². The highest BCUT2D eigenvalue weighted by Gasteiger charge is 2.29. The Morgan fingerprint density at radius 2 is 1.57 bits per heavy atom. The summed E-state index contributed by atoms with van der Waals surface area (Å²) in [5.41, 5.74) is 2.86. The van der Waals surface area contributed by atoms with E-state index >= 15 is 0 Å². The fraction of sp³-hybridized carbons (Fsp3) is 0.0435. The van der Waals surface area contributed by atoms with Gasteiger partial charge in [-0.2, -0.15) is 5.26 Å². The number of hydrogen-bond donors (Lipinski definition) is 1. The van der Waals surface area contributed by atoms with Crippen molar-refractivity contribution in [3.63, 3.8) is 0 Å². The van der Waals surface area contributed by atoms with E-state index in [2.05, 4.69) is 11.4 Å². The first kappa shape index (κ1) is 17.4. The van der Waals surface area contributed by atoms with Crippen molar-refractivity contribution >= 4 is 17.3 Å². The van der Waals surface area contributed by atoms with Gasteiger partial charge in [-0.1, -0.05) is 42.5 Å². The number of nitriles is 1. The van der Waals surface area contributed by atoms with Gasteiger partial charge in [0, 0.05) is 11.8 Å². The molecule has 1 N–H and O–H groups in total. The van der Waals surface area contributed by atoms with Crippen LogP contribution >= 0.6 is 0 Å². The number of amides is 1. The SMILES string of the molecule is N#Cc1cccc(C(=O)NC2C=CN(c3ccccc3)N2c2ccccc2)c1. The molecule has 0 spiro atoms.